The summed E-state index contributed by atoms with van der Waals surface area (Å²) in [7, 11) is 1.62. The van der Waals surface area contributed by atoms with Crippen LogP contribution in [0.4, 0.5) is 0 Å². The zero-order chi connectivity index (χ0) is 20.0. The highest BCUT2D eigenvalue weighted by Gasteiger charge is 2.33. The van der Waals surface area contributed by atoms with Crippen molar-refractivity contribution in [3.8, 4) is 11.5 Å². The lowest BCUT2D eigenvalue weighted by atomic mass is 10.0. The normalized spacial score (nSPS) is 20.4. The van der Waals surface area contributed by atoms with Gasteiger partial charge in [-0.25, -0.2) is 4.98 Å². The quantitative estimate of drug-likeness (QED) is 0.656. The van der Waals surface area contributed by atoms with Gasteiger partial charge in [0.05, 0.1) is 23.9 Å². The second-order valence-corrected chi connectivity index (χ2v) is 7.36. The fourth-order valence-electron chi connectivity index (χ4n) is 3.97. The lowest BCUT2D eigenvalue weighted by Gasteiger charge is -2.19. The molecular formula is C21H21N5O3. The van der Waals surface area contributed by atoms with Crippen LogP contribution in [-0.2, 0) is 6.54 Å². The number of benzene rings is 1. The van der Waals surface area contributed by atoms with Gasteiger partial charge in [0.15, 0.2) is 11.4 Å². The molecular weight excluding hydrogens is 370 g/mol. The van der Waals surface area contributed by atoms with Crippen LogP contribution in [0.2, 0.25) is 0 Å². The van der Waals surface area contributed by atoms with Gasteiger partial charge in [-0.1, -0.05) is 0 Å². The Hall–Kier alpha value is -3.23. The van der Waals surface area contributed by atoms with Crippen LogP contribution in [0.15, 0.2) is 36.2 Å². The van der Waals surface area contributed by atoms with E-state index in [-0.39, 0.29) is 17.6 Å². The maximum atomic E-state index is 13.0. The molecule has 2 aliphatic rings. The van der Waals surface area contributed by atoms with Gasteiger partial charge in [0.1, 0.15) is 11.5 Å². The van der Waals surface area contributed by atoms with E-state index in [0.717, 1.165) is 30.5 Å². The molecule has 4 heterocycles. The molecule has 1 aromatic carbocycles. The molecule has 8 nitrogen and oxygen atoms in total. The van der Waals surface area contributed by atoms with E-state index in [9.17, 15) is 4.79 Å². The second kappa shape index (κ2) is 6.98. The average Bonchev–Trinajstić information content (AvgIpc) is 3.42. The fraction of sp³-hybridized carbons (Fsp3) is 0.286. The fourth-order valence-corrected chi connectivity index (χ4v) is 3.97. The molecule has 2 aliphatic heterocycles. The van der Waals surface area contributed by atoms with Crippen LogP contribution in [0, 0.1) is 0 Å². The maximum Gasteiger partial charge on any atom is 0.232 e. The molecule has 1 fully saturated rings. The van der Waals surface area contributed by atoms with Gasteiger partial charge in [0.25, 0.3) is 0 Å². The Morgan fingerprint density at radius 1 is 1.41 bits per heavy atom. The first-order valence-corrected chi connectivity index (χ1v) is 9.55. The van der Waals surface area contributed by atoms with E-state index in [4.69, 9.17) is 15.2 Å². The van der Waals surface area contributed by atoms with Crippen molar-refractivity contribution in [3.63, 3.8) is 0 Å². The molecule has 1 atom stereocenters. The molecule has 0 saturated carbocycles. The summed E-state index contributed by atoms with van der Waals surface area (Å²) in [6.07, 6.45) is 4.31. The molecule has 3 N–H and O–H groups in total. The number of ether oxygens (including phenoxy) is 2. The monoisotopic (exact) mass is 391 g/mol. The van der Waals surface area contributed by atoms with Gasteiger partial charge in [-0.2, -0.15) is 5.10 Å². The van der Waals surface area contributed by atoms with Gasteiger partial charge in [0.2, 0.25) is 5.78 Å². The number of allylic oxidation sites excluding steroid dienone is 1. The number of Topliss-reactive ketones (excluding diaryl/α,β-unsaturated/α-hetero) is 1. The highest BCUT2D eigenvalue weighted by atomic mass is 16.5. The number of methoxy groups -OCH3 is 1. The first-order chi connectivity index (χ1) is 14.1. The lowest BCUT2D eigenvalue weighted by Crippen LogP contribution is -2.26. The highest BCUT2D eigenvalue weighted by molar-refractivity contribution is 6.15. The number of hydrogen-bond donors (Lipinski definition) is 2. The van der Waals surface area contributed by atoms with Gasteiger partial charge in [-0.05, 0) is 30.7 Å². The Balaban J connectivity index is 1.52. The molecule has 0 radical (unpaired) electrons. The van der Waals surface area contributed by atoms with Crippen LogP contribution in [0.3, 0.4) is 0 Å². The van der Waals surface area contributed by atoms with Gasteiger partial charge < -0.3 is 15.2 Å². The van der Waals surface area contributed by atoms with Crippen molar-refractivity contribution in [1.29, 1.82) is 0 Å². The molecule has 0 aliphatic carbocycles. The number of carbonyl (C=O) groups is 1. The Morgan fingerprint density at radius 3 is 3.10 bits per heavy atom. The predicted octanol–water partition coefficient (Wildman–Crippen LogP) is 2.12. The summed E-state index contributed by atoms with van der Waals surface area (Å²) >= 11 is 0. The molecule has 2 aromatic heterocycles. The zero-order valence-corrected chi connectivity index (χ0v) is 16.0. The summed E-state index contributed by atoms with van der Waals surface area (Å²) in [6.45, 7) is 2.35. The van der Waals surface area contributed by atoms with Crippen LogP contribution in [0.25, 0.3) is 17.1 Å². The number of nitrogens with zero attached hydrogens (tertiary/aromatic N) is 3. The lowest BCUT2D eigenvalue weighted by molar-refractivity contribution is 0.101. The third-order valence-corrected chi connectivity index (χ3v) is 5.44. The summed E-state index contributed by atoms with van der Waals surface area (Å²) in [5.74, 6) is 1.33. The SMILES string of the molecule is COc1ccc2c(c1CN1CCC(N)C1)O/C(=C\c1n[nH]c3ncccc13)C2=O. The van der Waals surface area contributed by atoms with Crippen molar-refractivity contribution in [2.24, 2.45) is 5.73 Å². The second-order valence-electron chi connectivity index (χ2n) is 7.36. The van der Waals surface area contributed by atoms with Crippen LogP contribution < -0.4 is 15.2 Å². The molecule has 0 spiro atoms. The molecule has 1 saturated heterocycles. The summed E-state index contributed by atoms with van der Waals surface area (Å²) in [5, 5.41) is 7.96. The van der Waals surface area contributed by atoms with E-state index in [1.807, 2.05) is 18.2 Å². The Bertz CT molecular complexity index is 1140. The Morgan fingerprint density at radius 2 is 2.31 bits per heavy atom. The number of hydrogen-bond acceptors (Lipinski definition) is 7. The van der Waals surface area contributed by atoms with Crippen molar-refractivity contribution < 1.29 is 14.3 Å². The van der Waals surface area contributed by atoms with Gasteiger partial charge in [0, 0.05) is 43.3 Å². The number of rotatable bonds is 4. The van der Waals surface area contributed by atoms with Gasteiger partial charge in [-0.3, -0.25) is 14.8 Å². The summed E-state index contributed by atoms with van der Waals surface area (Å²) in [5.41, 5.74) is 8.72. The minimum absolute atomic E-state index is 0.165. The van der Waals surface area contributed by atoms with Crippen LogP contribution in [-0.4, -0.2) is 52.1 Å². The average molecular weight is 391 g/mol. The van der Waals surface area contributed by atoms with Crippen LogP contribution in [0.5, 0.6) is 11.5 Å². The minimum Gasteiger partial charge on any atom is -0.496 e. The molecule has 5 rings (SSSR count). The molecule has 1 unspecified atom stereocenters. The van der Waals surface area contributed by atoms with E-state index in [1.54, 1.807) is 25.4 Å². The summed E-state index contributed by atoms with van der Waals surface area (Å²) < 4.78 is 11.6. The first kappa shape index (κ1) is 17.8. The summed E-state index contributed by atoms with van der Waals surface area (Å²) in [6, 6.07) is 7.48. The van der Waals surface area contributed by atoms with E-state index in [2.05, 4.69) is 20.1 Å². The Labute approximate surface area is 167 Å². The largest absolute Gasteiger partial charge is 0.496 e. The topological polar surface area (TPSA) is 106 Å². The van der Waals surface area contributed by atoms with Gasteiger partial charge >= 0.3 is 0 Å². The van der Waals surface area contributed by atoms with Crippen molar-refractivity contribution in [3.05, 3.63) is 53.0 Å². The standard InChI is InChI=1S/C21H21N5O3/c1-28-17-5-4-14-19(27)18(9-16-13-3-2-7-23-21(13)25-24-16)29-20(14)15(17)11-26-8-6-12(22)10-26/h2-5,7,9,12H,6,8,10-11,22H2,1H3,(H,23,24,25)/b18-9-. The number of aromatic amines is 1. The molecule has 148 valence electrons. The van der Waals surface area contributed by atoms with E-state index in [1.165, 1.54) is 0 Å². The van der Waals surface area contributed by atoms with E-state index >= 15 is 0 Å². The molecule has 0 amide bonds. The van der Waals surface area contributed by atoms with Crippen molar-refractivity contribution in [1.82, 2.24) is 20.1 Å². The van der Waals surface area contributed by atoms with E-state index in [0.29, 0.717) is 34.9 Å². The number of aromatic nitrogens is 3. The third-order valence-electron chi connectivity index (χ3n) is 5.44. The smallest absolute Gasteiger partial charge is 0.232 e. The first-order valence-electron chi connectivity index (χ1n) is 9.55. The molecule has 0 bridgehead atoms. The predicted molar refractivity (Wildman–Crippen MR) is 108 cm³/mol. The van der Waals surface area contributed by atoms with Gasteiger partial charge in [-0.15, -0.1) is 0 Å². The number of likely N-dealkylation sites (tertiary alicyclic amines) is 1. The number of ketones is 1. The number of H-pyrrole nitrogens is 1. The Kier molecular flexibility index (Phi) is 4.30. The number of fused-ring (bicyclic) bond motifs is 2. The molecule has 3 aromatic rings. The maximum absolute atomic E-state index is 13.0. The van der Waals surface area contributed by atoms with Crippen molar-refractivity contribution in [2.45, 2.75) is 19.0 Å². The number of nitrogens with two attached hydrogens (primary N) is 1. The van der Waals surface area contributed by atoms with E-state index < -0.39 is 0 Å². The van der Waals surface area contributed by atoms with Crippen molar-refractivity contribution >= 4 is 22.9 Å². The number of pyridine rings is 1. The highest BCUT2D eigenvalue weighted by Crippen LogP contribution is 2.41. The third kappa shape index (κ3) is 3.06. The van der Waals surface area contributed by atoms with Crippen molar-refractivity contribution in [2.75, 3.05) is 20.2 Å². The summed E-state index contributed by atoms with van der Waals surface area (Å²) in [4.78, 5) is 19.5. The molecule has 8 heteroatoms. The molecule has 29 heavy (non-hydrogen) atoms. The number of carbonyl (C=O) groups excluding carboxylic acids is 1. The zero-order valence-electron chi connectivity index (χ0n) is 16.0. The minimum atomic E-state index is -0.165. The van der Waals surface area contributed by atoms with Crippen LogP contribution in [0.1, 0.15) is 28.0 Å². The number of nitrogens with one attached hydrogen (secondary N) is 1. The van der Waals surface area contributed by atoms with Crippen LogP contribution >= 0.6 is 0 Å².